The van der Waals surface area contributed by atoms with Crippen LogP contribution in [0.1, 0.15) is 51.0 Å². The highest BCUT2D eigenvalue weighted by Crippen LogP contribution is 2.39. The summed E-state index contributed by atoms with van der Waals surface area (Å²) in [5.41, 5.74) is 4.65. The molecule has 1 atom stereocenters. The molecular formula is C17H28N2O. The number of hydrogen-bond acceptors (Lipinski definition) is 3. The van der Waals surface area contributed by atoms with E-state index in [2.05, 4.69) is 42.7 Å². The van der Waals surface area contributed by atoms with E-state index in [4.69, 9.17) is 10.6 Å². The highest BCUT2D eigenvalue weighted by atomic mass is 16.5. The lowest BCUT2D eigenvalue weighted by atomic mass is 9.67. The number of unbranched alkanes of at least 4 members (excludes halogenated alkanes) is 2. The molecule has 1 saturated heterocycles. The standard InChI is InChI=1S/C17H28N2O/c1-2-3-5-10-16(19-18)17(11-13-20-14-12-17)15-8-6-4-7-9-15/h4,6-9,16,19H,2-3,5,10-14,18H2,1H3. The third-order valence-corrected chi connectivity index (χ3v) is 4.70. The SMILES string of the molecule is CCCCCC(NN)C1(c2ccccc2)CCOCC1. The molecule has 20 heavy (non-hydrogen) atoms. The van der Waals surface area contributed by atoms with Crippen LogP contribution in [0.25, 0.3) is 0 Å². The lowest BCUT2D eigenvalue weighted by molar-refractivity contribution is 0.0325. The normalized spacial score (nSPS) is 19.7. The van der Waals surface area contributed by atoms with Crippen LogP contribution in [0.2, 0.25) is 0 Å². The van der Waals surface area contributed by atoms with Crippen molar-refractivity contribution in [3.63, 3.8) is 0 Å². The van der Waals surface area contributed by atoms with E-state index in [1.165, 1.54) is 24.8 Å². The summed E-state index contributed by atoms with van der Waals surface area (Å²) in [4.78, 5) is 0. The fourth-order valence-electron chi connectivity index (χ4n) is 3.46. The van der Waals surface area contributed by atoms with Gasteiger partial charge in [-0.2, -0.15) is 0 Å². The second kappa shape index (κ2) is 7.77. The number of ether oxygens (including phenoxy) is 1. The number of rotatable bonds is 7. The molecule has 0 saturated carbocycles. The maximum Gasteiger partial charge on any atom is 0.0475 e. The number of benzene rings is 1. The molecule has 0 aliphatic carbocycles. The van der Waals surface area contributed by atoms with Crippen molar-refractivity contribution in [1.29, 1.82) is 0 Å². The van der Waals surface area contributed by atoms with E-state index >= 15 is 0 Å². The van der Waals surface area contributed by atoms with E-state index in [1.807, 2.05) is 0 Å². The lowest BCUT2D eigenvalue weighted by Gasteiger charge is -2.44. The smallest absolute Gasteiger partial charge is 0.0475 e. The second-order valence-corrected chi connectivity index (χ2v) is 5.85. The van der Waals surface area contributed by atoms with Gasteiger partial charge in [-0.25, -0.2) is 0 Å². The molecule has 0 radical (unpaired) electrons. The Bertz CT molecular complexity index is 374. The van der Waals surface area contributed by atoms with Gasteiger partial charge >= 0.3 is 0 Å². The summed E-state index contributed by atoms with van der Waals surface area (Å²) in [6, 6.07) is 11.2. The van der Waals surface area contributed by atoms with Gasteiger partial charge in [0.2, 0.25) is 0 Å². The van der Waals surface area contributed by atoms with Crippen molar-refractivity contribution < 1.29 is 4.74 Å². The van der Waals surface area contributed by atoms with Crippen LogP contribution in [-0.4, -0.2) is 19.3 Å². The zero-order chi connectivity index (χ0) is 14.3. The molecule has 0 amide bonds. The summed E-state index contributed by atoms with van der Waals surface area (Å²) in [5.74, 6) is 5.92. The van der Waals surface area contributed by atoms with Crippen LogP contribution in [-0.2, 0) is 10.2 Å². The molecule has 1 fully saturated rings. The maximum absolute atomic E-state index is 5.92. The Balaban J connectivity index is 2.21. The first-order valence-corrected chi connectivity index (χ1v) is 7.93. The Labute approximate surface area is 122 Å². The summed E-state index contributed by atoms with van der Waals surface area (Å²) in [7, 11) is 0. The molecule has 1 aliphatic rings. The zero-order valence-electron chi connectivity index (χ0n) is 12.6. The van der Waals surface area contributed by atoms with Gasteiger partial charge in [-0.1, -0.05) is 56.5 Å². The van der Waals surface area contributed by atoms with Gasteiger partial charge in [-0.15, -0.1) is 0 Å². The monoisotopic (exact) mass is 276 g/mol. The molecule has 1 aliphatic heterocycles. The van der Waals surface area contributed by atoms with Gasteiger partial charge in [0.1, 0.15) is 0 Å². The third kappa shape index (κ3) is 3.40. The Morgan fingerprint density at radius 3 is 2.50 bits per heavy atom. The molecule has 1 heterocycles. The quantitative estimate of drug-likeness (QED) is 0.457. The number of nitrogens with one attached hydrogen (secondary N) is 1. The van der Waals surface area contributed by atoms with E-state index in [1.54, 1.807) is 0 Å². The van der Waals surface area contributed by atoms with Crippen molar-refractivity contribution in [1.82, 2.24) is 5.43 Å². The summed E-state index contributed by atoms with van der Waals surface area (Å²) >= 11 is 0. The van der Waals surface area contributed by atoms with Crippen molar-refractivity contribution in [2.24, 2.45) is 5.84 Å². The predicted molar refractivity (Wildman–Crippen MR) is 83.4 cm³/mol. The van der Waals surface area contributed by atoms with Gasteiger partial charge in [-0.3, -0.25) is 11.3 Å². The molecule has 3 N–H and O–H groups in total. The first-order chi connectivity index (χ1) is 9.83. The minimum Gasteiger partial charge on any atom is -0.381 e. The summed E-state index contributed by atoms with van der Waals surface area (Å²) in [6.07, 6.45) is 7.01. The molecule has 0 bridgehead atoms. The van der Waals surface area contributed by atoms with E-state index in [9.17, 15) is 0 Å². The van der Waals surface area contributed by atoms with Gasteiger partial charge < -0.3 is 4.74 Å². The highest BCUT2D eigenvalue weighted by Gasteiger charge is 2.40. The van der Waals surface area contributed by atoms with Gasteiger partial charge in [0, 0.05) is 24.7 Å². The van der Waals surface area contributed by atoms with Crippen LogP contribution in [0.3, 0.4) is 0 Å². The molecule has 3 nitrogen and oxygen atoms in total. The Morgan fingerprint density at radius 1 is 1.20 bits per heavy atom. The van der Waals surface area contributed by atoms with Crippen LogP contribution in [0.15, 0.2) is 30.3 Å². The molecule has 1 unspecified atom stereocenters. The van der Waals surface area contributed by atoms with Crippen LogP contribution in [0.5, 0.6) is 0 Å². The van der Waals surface area contributed by atoms with E-state index in [0.717, 1.165) is 32.5 Å². The predicted octanol–water partition coefficient (Wildman–Crippen LogP) is 3.15. The largest absolute Gasteiger partial charge is 0.381 e. The first-order valence-electron chi connectivity index (χ1n) is 7.93. The summed E-state index contributed by atoms with van der Waals surface area (Å²) in [5, 5.41) is 0. The number of nitrogens with two attached hydrogens (primary N) is 1. The Kier molecular flexibility index (Phi) is 6.02. The minimum absolute atomic E-state index is 0.127. The molecule has 112 valence electrons. The molecular weight excluding hydrogens is 248 g/mol. The molecule has 1 aromatic rings. The number of hydrazine groups is 1. The van der Waals surface area contributed by atoms with E-state index in [-0.39, 0.29) is 5.41 Å². The molecule has 0 aromatic heterocycles. The highest BCUT2D eigenvalue weighted by molar-refractivity contribution is 5.28. The Hall–Kier alpha value is -0.900. The molecule has 1 aromatic carbocycles. The van der Waals surface area contributed by atoms with E-state index in [0.29, 0.717) is 6.04 Å². The summed E-state index contributed by atoms with van der Waals surface area (Å²) < 4.78 is 5.60. The molecule has 0 spiro atoms. The van der Waals surface area contributed by atoms with Crippen molar-refractivity contribution >= 4 is 0 Å². The van der Waals surface area contributed by atoms with E-state index < -0.39 is 0 Å². The van der Waals surface area contributed by atoms with Crippen molar-refractivity contribution in [2.75, 3.05) is 13.2 Å². The Morgan fingerprint density at radius 2 is 1.90 bits per heavy atom. The molecule has 2 rings (SSSR count). The first kappa shape index (κ1) is 15.5. The van der Waals surface area contributed by atoms with Crippen molar-refractivity contribution in [3.05, 3.63) is 35.9 Å². The van der Waals surface area contributed by atoms with Crippen molar-refractivity contribution in [3.8, 4) is 0 Å². The van der Waals surface area contributed by atoms with Crippen molar-refractivity contribution in [2.45, 2.75) is 56.9 Å². The van der Waals surface area contributed by atoms with Crippen LogP contribution in [0, 0.1) is 0 Å². The van der Waals surface area contributed by atoms with Crippen LogP contribution >= 0.6 is 0 Å². The van der Waals surface area contributed by atoms with Gasteiger partial charge in [0.25, 0.3) is 0 Å². The zero-order valence-corrected chi connectivity index (χ0v) is 12.6. The lowest BCUT2D eigenvalue weighted by Crippen LogP contribution is -2.53. The topological polar surface area (TPSA) is 47.3 Å². The summed E-state index contributed by atoms with van der Waals surface area (Å²) in [6.45, 7) is 3.91. The number of hydrogen-bond donors (Lipinski definition) is 2. The van der Waals surface area contributed by atoms with Crippen LogP contribution in [0.4, 0.5) is 0 Å². The van der Waals surface area contributed by atoms with Crippen LogP contribution < -0.4 is 11.3 Å². The minimum atomic E-state index is 0.127. The average molecular weight is 276 g/mol. The second-order valence-electron chi connectivity index (χ2n) is 5.85. The van der Waals surface area contributed by atoms with Gasteiger partial charge in [0.15, 0.2) is 0 Å². The van der Waals surface area contributed by atoms with Gasteiger partial charge in [0.05, 0.1) is 0 Å². The average Bonchev–Trinajstić information content (AvgIpc) is 2.53. The van der Waals surface area contributed by atoms with Gasteiger partial charge in [-0.05, 0) is 24.8 Å². The maximum atomic E-state index is 5.92. The third-order valence-electron chi connectivity index (χ3n) is 4.70. The fourth-order valence-corrected chi connectivity index (χ4v) is 3.46. The fraction of sp³-hybridized carbons (Fsp3) is 0.647. The molecule has 3 heteroatoms.